The zero-order chi connectivity index (χ0) is 16.8. The lowest BCUT2D eigenvalue weighted by Crippen LogP contribution is -2.35. The normalized spacial score (nSPS) is 30.8. The Kier molecular flexibility index (Phi) is 4.10. The lowest BCUT2D eigenvalue weighted by molar-refractivity contribution is -0.140. The Labute approximate surface area is 154 Å². The minimum atomic E-state index is -0.170. The molecule has 0 radical (unpaired) electrons. The number of amides is 3. The molecular formula is C18H19IN2O3. The van der Waals surface area contributed by atoms with Crippen molar-refractivity contribution in [2.75, 3.05) is 11.9 Å². The van der Waals surface area contributed by atoms with Gasteiger partial charge in [0, 0.05) is 22.2 Å². The predicted octanol–water partition coefficient (Wildman–Crippen LogP) is 2.65. The molecule has 4 rings (SSSR count). The highest BCUT2D eigenvalue weighted by Gasteiger charge is 2.60. The molecule has 1 aromatic carbocycles. The second-order valence-corrected chi connectivity index (χ2v) is 8.26. The highest BCUT2D eigenvalue weighted by molar-refractivity contribution is 14.1. The van der Waals surface area contributed by atoms with E-state index in [1.807, 2.05) is 24.3 Å². The van der Waals surface area contributed by atoms with Gasteiger partial charge in [0.05, 0.1) is 11.8 Å². The maximum atomic E-state index is 12.6. The van der Waals surface area contributed by atoms with E-state index in [-0.39, 0.29) is 42.5 Å². The number of halogens is 1. The SMILES string of the molecule is O=C(CCN1C(=O)[C@H]2[C@H]3CC[C@@H](C3)[C@@H]2C1=O)Nc1ccc(I)cc1. The van der Waals surface area contributed by atoms with E-state index in [0.29, 0.717) is 11.8 Å². The Hall–Kier alpha value is -1.44. The van der Waals surface area contributed by atoms with Crippen LogP contribution in [-0.4, -0.2) is 29.2 Å². The number of nitrogens with one attached hydrogen (secondary N) is 1. The van der Waals surface area contributed by atoms with E-state index >= 15 is 0 Å². The summed E-state index contributed by atoms with van der Waals surface area (Å²) >= 11 is 2.20. The first-order valence-electron chi connectivity index (χ1n) is 8.45. The van der Waals surface area contributed by atoms with Crippen LogP contribution in [0.5, 0.6) is 0 Å². The second kappa shape index (κ2) is 6.13. The van der Waals surface area contributed by atoms with Gasteiger partial charge >= 0.3 is 0 Å². The highest BCUT2D eigenvalue weighted by Crippen LogP contribution is 2.56. The molecule has 1 heterocycles. The van der Waals surface area contributed by atoms with Gasteiger partial charge in [-0.15, -0.1) is 0 Å². The van der Waals surface area contributed by atoms with Gasteiger partial charge in [-0.2, -0.15) is 0 Å². The number of carbonyl (C=O) groups is 3. The zero-order valence-electron chi connectivity index (χ0n) is 13.2. The summed E-state index contributed by atoms with van der Waals surface area (Å²) in [6, 6.07) is 7.52. The summed E-state index contributed by atoms with van der Waals surface area (Å²) in [4.78, 5) is 38.6. The Balaban J connectivity index is 1.36. The number of carbonyl (C=O) groups excluding carboxylic acids is 3. The Morgan fingerprint density at radius 2 is 1.67 bits per heavy atom. The number of fused-ring (bicyclic) bond motifs is 5. The topological polar surface area (TPSA) is 66.5 Å². The van der Waals surface area contributed by atoms with E-state index in [0.717, 1.165) is 28.5 Å². The molecule has 0 unspecified atom stereocenters. The fraction of sp³-hybridized carbons (Fsp3) is 0.500. The first-order valence-corrected chi connectivity index (χ1v) is 9.53. The zero-order valence-corrected chi connectivity index (χ0v) is 15.4. The molecular weight excluding hydrogens is 419 g/mol. The van der Waals surface area contributed by atoms with Crippen LogP contribution in [-0.2, 0) is 14.4 Å². The van der Waals surface area contributed by atoms with Crippen LogP contribution < -0.4 is 5.32 Å². The fourth-order valence-electron chi connectivity index (χ4n) is 4.66. The molecule has 3 fully saturated rings. The van der Waals surface area contributed by atoms with Crippen molar-refractivity contribution < 1.29 is 14.4 Å². The molecule has 5 nitrogen and oxygen atoms in total. The fourth-order valence-corrected chi connectivity index (χ4v) is 5.02. The molecule has 0 spiro atoms. The highest BCUT2D eigenvalue weighted by atomic mass is 127. The number of nitrogens with zero attached hydrogens (tertiary/aromatic N) is 1. The summed E-state index contributed by atoms with van der Waals surface area (Å²) in [7, 11) is 0. The first-order chi connectivity index (χ1) is 11.5. The van der Waals surface area contributed by atoms with E-state index in [4.69, 9.17) is 0 Å². The van der Waals surface area contributed by atoms with E-state index in [1.54, 1.807) is 0 Å². The molecule has 126 valence electrons. The summed E-state index contributed by atoms with van der Waals surface area (Å²) in [5.41, 5.74) is 0.731. The summed E-state index contributed by atoms with van der Waals surface area (Å²) in [5.74, 6) is 0.325. The Morgan fingerprint density at radius 1 is 1.08 bits per heavy atom. The number of benzene rings is 1. The summed E-state index contributed by atoms with van der Waals surface area (Å²) in [5, 5.41) is 2.81. The molecule has 2 saturated carbocycles. The van der Waals surface area contributed by atoms with Gasteiger partial charge in [0.2, 0.25) is 17.7 Å². The summed E-state index contributed by atoms with van der Waals surface area (Å²) < 4.78 is 1.10. The van der Waals surface area contributed by atoms with Gasteiger partial charge in [0.15, 0.2) is 0 Å². The minimum absolute atomic E-state index is 0.0423. The predicted molar refractivity (Wildman–Crippen MR) is 96.9 cm³/mol. The summed E-state index contributed by atoms with van der Waals surface area (Å²) in [6.07, 6.45) is 3.34. The van der Waals surface area contributed by atoms with Crippen LogP contribution in [0.1, 0.15) is 25.7 Å². The molecule has 1 aromatic rings. The van der Waals surface area contributed by atoms with E-state index in [1.165, 1.54) is 4.90 Å². The van der Waals surface area contributed by atoms with Gasteiger partial charge in [-0.1, -0.05) is 0 Å². The molecule has 1 aliphatic heterocycles. The number of hydrogen-bond acceptors (Lipinski definition) is 3. The van der Waals surface area contributed by atoms with Gasteiger partial charge < -0.3 is 5.32 Å². The molecule has 2 aliphatic carbocycles. The van der Waals surface area contributed by atoms with Crippen molar-refractivity contribution >= 4 is 46.0 Å². The first kappa shape index (κ1) is 16.1. The van der Waals surface area contributed by atoms with Crippen LogP contribution in [0.4, 0.5) is 5.69 Å². The van der Waals surface area contributed by atoms with Crippen LogP contribution in [0.25, 0.3) is 0 Å². The molecule has 4 atom stereocenters. The molecule has 3 aliphatic rings. The van der Waals surface area contributed by atoms with Crippen LogP contribution in [0.3, 0.4) is 0 Å². The molecule has 1 N–H and O–H groups in total. The monoisotopic (exact) mass is 438 g/mol. The van der Waals surface area contributed by atoms with Gasteiger partial charge in [-0.3, -0.25) is 19.3 Å². The van der Waals surface area contributed by atoms with Crippen molar-refractivity contribution in [2.24, 2.45) is 23.7 Å². The standard InChI is InChI=1S/C18H19IN2O3/c19-12-3-5-13(6-4-12)20-14(22)7-8-21-17(23)15-10-1-2-11(9-10)16(15)18(21)24/h3-6,10-11,15-16H,1-2,7-9H2,(H,20,22)/t10-,11-,15-,16-/m0/s1. The van der Waals surface area contributed by atoms with E-state index < -0.39 is 0 Å². The largest absolute Gasteiger partial charge is 0.326 e. The molecule has 2 bridgehead atoms. The van der Waals surface area contributed by atoms with Crippen molar-refractivity contribution in [1.82, 2.24) is 4.90 Å². The van der Waals surface area contributed by atoms with Gasteiger partial charge in [0.25, 0.3) is 0 Å². The molecule has 1 saturated heterocycles. The van der Waals surface area contributed by atoms with Crippen LogP contribution >= 0.6 is 22.6 Å². The quantitative estimate of drug-likeness (QED) is 0.581. The third-order valence-corrected chi connectivity index (χ3v) is 6.43. The minimum Gasteiger partial charge on any atom is -0.326 e. The average molecular weight is 438 g/mol. The van der Waals surface area contributed by atoms with Gasteiger partial charge in [-0.05, 0) is 78.0 Å². The Bertz CT molecular complexity index is 675. The number of hydrogen-bond donors (Lipinski definition) is 1. The van der Waals surface area contributed by atoms with Crippen molar-refractivity contribution in [3.05, 3.63) is 27.8 Å². The molecule has 3 amide bonds. The molecule has 6 heteroatoms. The van der Waals surface area contributed by atoms with E-state index in [9.17, 15) is 14.4 Å². The van der Waals surface area contributed by atoms with Gasteiger partial charge in [0.1, 0.15) is 0 Å². The molecule has 24 heavy (non-hydrogen) atoms. The Morgan fingerprint density at radius 3 is 2.25 bits per heavy atom. The van der Waals surface area contributed by atoms with E-state index in [2.05, 4.69) is 27.9 Å². The van der Waals surface area contributed by atoms with Crippen molar-refractivity contribution in [3.63, 3.8) is 0 Å². The average Bonchev–Trinajstić information content (AvgIpc) is 3.23. The smallest absolute Gasteiger partial charge is 0.233 e. The molecule has 0 aromatic heterocycles. The van der Waals surface area contributed by atoms with Crippen molar-refractivity contribution in [2.45, 2.75) is 25.7 Å². The maximum Gasteiger partial charge on any atom is 0.233 e. The lowest BCUT2D eigenvalue weighted by Gasteiger charge is -2.19. The lowest BCUT2D eigenvalue weighted by atomic mass is 9.81. The second-order valence-electron chi connectivity index (χ2n) is 7.02. The number of likely N-dealkylation sites (tertiary alicyclic amines) is 1. The van der Waals surface area contributed by atoms with Crippen molar-refractivity contribution in [1.29, 1.82) is 0 Å². The summed E-state index contributed by atoms with van der Waals surface area (Å²) in [6.45, 7) is 0.195. The maximum absolute atomic E-state index is 12.6. The van der Waals surface area contributed by atoms with Crippen LogP contribution in [0.2, 0.25) is 0 Å². The third kappa shape index (κ3) is 2.64. The number of rotatable bonds is 4. The van der Waals surface area contributed by atoms with Crippen molar-refractivity contribution in [3.8, 4) is 0 Å². The van der Waals surface area contributed by atoms with Gasteiger partial charge in [-0.25, -0.2) is 0 Å². The van der Waals surface area contributed by atoms with Crippen LogP contribution in [0, 0.1) is 27.2 Å². The number of anilines is 1. The van der Waals surface area contributed by atoms with Crippen LogP contribution in [0.15, 0.2) is 24.3 Å². The number of imide groups is 1. The third-order valence-electron chi connectivity index (χ3n) is 5.71.